The highest BCUT2D eigenvalue weighted by molar-refractivity contribution is 5.78. The molecule has 0 aromatic rings. The first kappa shape index (κ1) is 11.5. The Morgan fingerprint density at radius 2 is 2.43 bits per heavy atom. The minimum atomic E-state index is 0.117. The Hall–Kier alpha value is -0.610. The van der Waals surface area contributed by atoms with E-state index in [1.807, 2.05) is 11.9 Å². The van der Waals surface area contributed by atoms with Crippen LogP contribution in [0.5, 0.6) is 0 Å². The van der Waals surface area contributed by atoms with Gasteiger partial charge in [-0.2, -0.15) is 0 Å². The van der Waals surface area contributed by atoms with Crippen molar-refractivity contribution >= 4 is 5.91 Å². The standard InChI is InChI=1S/C10H20N2O2/c1-4-8(2)12-9(5-11-3)6-14-7-10(12)13/h8-9,11H,4-7H2,1-3H3. The van der Waals surface area contributed by atoms with Crippen LogP contribution in [0, 0.1) is 0 Å². The van der Waals surface area contributed by atoms with Gasteiger partial charge in [0.05, 0.1) is 12.6 Å². The van der Waals surface area contributed by atoms with Crippen molar-refractivity contribution in [3.05, 3.63) is 0 Å². The van der Waals surface area contributed by atoms with Crippen molar-refractivity contribution in [2.45, 2.75) is 32.4 Å². The van der Waals surface area contributed by atoms with E-state index in [9.17, 15) is 4.79 Å². The lowest BCUT2D eigenvalue weighted by atomic mass is 10.1. The van der Waals surface area contributed by atoms with E-state index in [2.05, 4.69) is 19.2 Å². The first-order valence-corrected chi connectivity index (χ1v) is 5.24. The Morgan fingerprint density at radius 1 is 1.71 bits per heavy atom. The molecule has 14 heavy (non-hydrogen) atoms. The van der Waals surface area contributed by atoms with Gasteiger partial charge in [0.2, 0.25) is 5.91 Å². The van der Waals surface area contributed by atoms with Gasteiger partial charge < -0.3 is 15.0 Å². The highest BCUT2D eigenvalue weighted by Crippen LogP contribution is 2.13. The lowest BCUT2D eigenvalue weighted by Gasteiger charge is -2.39. The average Bonchev–Trinajstić information content (AvgIpc) is 2.18. The third-order valence-electron chi connectivity index (χ3n) is 2.72. The molecule has 1 fully saturated rings. The summed E-state index contributed by atoms with van der Waals surface area (Å²) in [7, 11) is 1.90. The molecule has 1 aliphatic rings. The van der Waals surface area contributed by atoms with Crippen LogP contribution in [0.25, 0.3) is 0 Å². The summed E-state index contributed by atoms with van der Waals surface area (Å²) in [6, 6.07) is 0.501. The van der Waals surface area contributed by atoms with Crippen molar-refractivity contribution < 1.29 is 9.53 Å². The molecule has 0 spiro atoms. The number of hydrogen-bond acceptors (Lipinski definition) is 3. The molecular weight excluding hydrogens is 180 g/mol. The van der Waals surface area contributed by atoms with Gasteiger partial charge in [0.1, 0.15) is 6.61 Å². The third kappa shape index (κ3) is 2.45. The van der Waals surface area contributed by atoms with E-state index in [-0.39, 0.29) is 18.6 Å². The number of carbonyl (C=O) groups excluding carboxylic acids is 1. The Labute approximate surface area is 85.6 Å². The zero-order chi connectivity index (χ0) is 10.6. The molecule has 82 valence electrons. The maximum Gasteiger partial charge on any atom is 0.249 e. The number of likely N-dealkylation sites (N-methyl/N-ethyl adjacent to an activating group) is 1. The number of amides is 1. The van der Waals surface area contributed by atoms with Crippen LogP contribution in [0.15, 0.2) is 0 Å². The first-order valence-electron chi connectivity index (χ1n) is 5.24. The van der Waals surface area contributed by atoms with E-state index in [1.54, 1.807) is 0 Å². The zero-order valence-corrected chi connectivity index (χ0v) is 9.25. The number of ether oxygens (including phenoxy) is 1. The second-order valence-corrected chi connectivity index (χ2v) is 3.78. The molecule has 0 aromatic carbocycles. The van der Waals surface area contributed by atoms with E-state index < -0.39 is 0 Å². The van der Waals surface area contributed by atoms with Gasteiger partial charge in [0.25, 0.3) is 0 Å². The summed E-state index contributed by atoms with van der Waals surface area (Å²) in [5, 5.41) is 3.09. The maximum atomic E-state index is 11.7. The molecule has 1 aliphatic heterocycles. The molecule has 1 N–H and O–H groups in total. The second kappa shape index (κ2) is 5.32. The molecule has 0 saturated carbocycles. The van der Waals surface area contributed by atoms with Crippen molar-refractivity contribution in [2.24, 2.45) is 0 Å². The van der Waals surface area contributed by atoms with Crippen LogP contribution >= 0.6 is 0 Å². The molecule has 1 amide bonds. The molecular formula is C10H20N2O2. The lowest BCUT2D eigenvalue weighted by Crippen LogP contribution is -2.56. The second-order valence-electron chi connectivity index (χ2n) is 3.78. The molecule has 0 aliphatic carbocycles. The van der Waals surface area contributed by atoms with Crippen LogP contribution in [0.1, 0.15) is 20.3 Å². The molecule has 0 aromatic heterocycles. The Kier molecular flexibility index (Phi) is 4.35. The Bertz CT molecular complexity index is 195. The largest absolute Gasteiger partial charge is 0.369 e. The summed E-state index contributed by atoms with van der Waals surface area (Å²) < 4.78 is 5.24. The number of hydrogen-bond donors (Lipinski definition) is 1. The van der Waals surface area contributed by atoms with Crippen molar-refractivity contribution in [3.63, 3.8) is 0 Å². The van der Waals surface area contributed by atoms with Crippen LogP contribution in [0.3, 0.4) is 0 Å². The van der Waals surface area contributed by atoms with Gasteiger partial charge >= 0.3 is 0 Å². The molecule has 0 radical (unpaired) electrons. The summed E-state index contributed by atoms with van der Waals surface area (Å²) in [6.07, 6.45) is 0.992. The van der Waals surface area contributed by atoms with Gasteiger partial charge in [0, 0.05) is 12.6 Å². The monoisotopic (exact) mass is 200 g/mol. The molecule has 4 heteroatoms. The quantitative estimate of drug-likeness (QED) is 0.706. The molecule has 1 rings (SSSR count). The zero-order valence-electron chi connectivity index (χ0n) is 9.25. The van der Waals surface area contributed by atoms with Gasteiger partial charge in [-0.1, -0.05) is 6.92 Å². The van der Waals surface area contributed by atoms with Crippen molar-refractivity contribution in [2.75, 3.05) is 26.8 Å². The van der Waals surface area contributed by atoms with Gasteiger partial charge in [-0.25, -0.2) is 0 Å². The molecule has 4 nitrogen and oxygen atoms in total. The summed E-state index contributed by atoms with van der Waals surface area (Å²) in [5.41, 5.74) is 0. The van der Waals surface area contributed by atoms with E-state index in [0.29, 0.717) is 12.6 Å². The normalized spacial score (nSPS) is 25.2. The predicted octanol–water partition coefficient (Wildman–Crippen LogP) is 0.232. The van der Waals surface area contributed by atoms with Crippen LogP contribution in [-0.2, 0) is 9.53 Å². The number of rotatable bonds is 4. The van der Waals surface area contributed by atoms with Crippen LogP contribution in [-0.4, -0.2) is 49.7 Å². The van der Waals surface area contributed by atoms with E-state index >= 15 is 0 Å². The van der Waals surface area contributed by atoms with Crippen molar-refractivity contribution in [1.82, 2.24) is 10.2 Å². The van der Waals surface area contributed by atoms with Crippen LogP contribution in [0.2, 0.25) is 0 Å². The predicted molar refractivity (Wildman–Crippen MR) is 55.1 cm³/mol. The SMILES string of the molecule is CCC(C)N1C(=O)COCC1CNC. The summed E-state index contributed by atoms with van der Waals surface area (Å²) in [5.74, 6) is 0.117. The number of nitrogens with one attached hydrogen (secondary N) is 1. The van der Waals surface area contributed by atoms with E-state index in [4.69, 9.17) is 4.74 Å². The molecule has 1 heterocycles. The fourth-order valence-electron chi connectivity index (χ4n) is 1.84. The fourth-order valence-corrected chi connectivity index (χ4v) is 1.84. The Morgan fingerprint density at radius 3 is 3.00 bits per heavy atom. The molecule has 2 atom stereocenters. The van der Waals surface area contributed by atoms with E-state index in [1.165, 1.54) is 0 Å². The molecule has 2 unspecified atom stereocenters. The van der Waals surface area contributed by atoms with Gasteiger partial charge in [0.15, 0.2) is 0 Å². The average molecular weight is 200 g/mol. The smallest absolute Gasteiger partial charge is 0.249 e. The molecule has 0 bridgehead atoms. The minimum absolute atomic E-state index is 0.117. The van der Waals surface area contributed by atoms with Gasteiger partial charge in [-0.15, -0.1) is 0 Å². The number of morpholine rings is 1. The highest BCUT2D eigenvalue weighted by Gasteiger charge is 2.30. The van der Waals surface area contributed by atoms with Crippen LogP contribution in [0.4, 0.5) is 0 Å². The van der Waals surface area contributed by atoms with Gasteiger partial charge in [-0.05, 0) is 20.4 Å². The first-order chi connectivity index (χ1) is 6.70. The fraction of sp³-hybridized carbons (Fsp3) is 0.900. The number of carbonyl (C=O) groups is 1. The van der Waals surface area contributed by atoms with Gasteiger partial charge in [-0.3, -0.25) is 4.79 Å². The summed E-state index contributed by atoms with van der Waals surface area (Å²) in [4.78, 5) is 13.6. The van der Waals surface area contributed by atoms with Crippen LogP contribution < -0.4 is 5.32 Å². The minimum Gasteiger partial charge on any atom is -0.369 e. The Balaban J connectivity index is 2.65. The van der Waals surface area contributed by atoms with Crippen molar-refractivity contribution in [1.29, 1.82) is 0 Å². The number of nitrogens with zero attached hydrogens (tertiary/aromatic N) is 1. The summed E-state index contributed by atoms with van der Waals surface area (Å²) in [6.45, 7) is 5.88. The summed E-state index contributed by atoms with van der Waals surface area (Å²) >= 11 is 0. The topological polar surface area (TPSA) is 41.6 Å². The third-order valence-corrected chi connectivity index (χ3v) is 2.72. The van der Waals surface area contributed by atoms with E-state index in [0.717, 1.165) is 13.0 Å². The molecule has 1 saturated heterocycles. The lowest BCUT2D eigenvalue weighted by molar-refractivity contribution is -0.151. The maximum absolute atomic E-state index is 11.7. The van der Waals surface area contributed by atoms with Crippen molar-refractivity contribution in [3.8, 4) is 0 Å². The highest BCUT2D eigenvalue weighted by atomic mass is 16.5.